The zero-order valence-corrected chi connectivity index (χ0v) is 11.8. The lowest BCUT2D eigenvalue weighted by molar-refractivity contribution is 0.290. The van der Waals surface area contributed by atoms with Gasteiger partial charge in [0.25, 0.3) is 0 Å². The number of aryl methyl sites for hydroxylation is 1. The second kappa shape index (κ2) is 6.38. The molecule has 0 saturated heterocycles. The van der Waals surface area contributed by atoms with Crippen LogP contribution in [0.5, 0.6) is 5.75 Å². The first-order valence-electron chi connectivity index (χ1n) is 6.64. The van der Waals surface area contributed by atoms with E-state index in [1.165, 1.54) is 5.56 Å². The minimum atomic E-state index is 0.355. The van der Waals surface area contributed by atoms with Gasteiger partial charge in [-0.05, 0) is 38.6 Å². The Kier molecular flexibility index (Phi) is 4.58. The van der Waals surface area contributed by atoms with Gasteiger partial charge in [-0.3, -0.25) is 0 Å². The summed E-state index contributed by atoms with van der Waals surface area (Å²) in [5.41, 5.74) is 1.25. The number of benzene rings is 1. The van der Waals surface area contributed by atoms with Gasteiger partial charge in [-0.2, -0.15) is 0 Å². The third kappa shape index (κ3) is 3.35. The Bertz CT molecular complexity index is 504. The first-order valence-corrected chi connectivity index (χ1v) is 6.64. The summed E-state index contributed by atoms with van der Waals surface area (Å²) in [5, 5.41) is 3.22. The van der Waals surface area contributed by atoms with E-state index < -0.39 is 0 Å². The predicted octanol–water partition coefficient (Wildman–Crippen LogP) is 2.76. The van der Waals surface area contributed by atoms with E-state index in [1.807, 2.05) is 25.4 Å². The summed E-state index contributed by atoms with van der Waals surface area (Å²) in [6.45, 7) is 5.64. The van der Waals surface area contributed by atoms with E-state index in [0.29, 0.717) is 12.6 Å². The lowest BCUT2D eigenvalue weighted by Gasteiger charge is -2.12. The van der Waals surface area contributed by atoms with Gasteiger partial charge in [0.15, 0.2) is 0 Å². The maximum atomic E-state index is 5.76. The Morgan fingerprint density at radius 2 is 2.05 bits per heavy atom. The van der Waals surface area contributed by atoms with Crippen LogP contribution < -0.4 is 10.1 Å². The minimum Gasteiger partial charge on any atom is -0.486 e. The number of rotatable bonds is 6. The maximum Gasteiger partial charge on any atom is 0.146 e. The van der Waals surface area contributed by atoms with Crippen molar-refractivity contribution in [1.29, 1.82) is 0 Å². The number of imidazole rings is 1. The number of hydrogen-bond acceptors (Lipinski definition) is 3. The van der Waals surface area contributed by atoms with E-state index in [2.05, 4.69) is 40.8 Å². The van der Waals surface area contributed by atoms with Crippen LogP contribution in [0.2, 0.25) is 0 Å². The van der Waals surface area contributed by atoms with Crippen molar-refractivity contribution in [1.82, 2.24) is 14.9 Å². The SMILES string of the molecule is CCn1ccnc1COc1ccc(C(C)NC)cc1. The van der Waals surface area contributed by atoms with Crippen LogP contribution in [0.15, 0.2) is 36.7 Å². The molecule has 0 aliphatic rings. The monoisotopic (exact) mass is 259 g/mol. The molecule has 2 rings (SSSR count). The fraction of sp³-hybridized carbons (Fsp3) is 0.400. The summed E-state index contributed by atoms with van der Waals surface area (Å²) in [7, 11) is 1.96. The van der Waals surface area contributed by atoms with Gasteiger partial charge in [-0.1, -0.05) is 12.1 Å². The Morgan fingerprint density at radius 1 is 1.32 bits per heavy atom. The highest BCUT2D eigenvalue weighted by molar-refractivity contribution is 5.28. The lowest BCUT2D eigenvalue weighted by atomic mass is 10.1. The van der Waals surface area contributed by atoms with Crippen molar-refractivity contribution in [3.8, 4) is 5.75 Å². The quantitative estimate of drug-likeness (QED) is 0.867. The first kappa shape index (κ1) is 13.6. The molecule has 1 aromatic heterocycles. The topological polar surface area (TPSA) is 39.1 Å². The molecule has 4 heteroatoms. The number of aromatic nitrogens is 2. The molecular weight excluding hydrogens is 238 g/mol. The molecule has 0 spiro atoms. The van der Waals surface area contributed by atoms with Crippen molar-refractivity contribution in [3.63, 3.8) is 0 Å². The third-order valence-electron chi connectivity index (χ3n) is 3.32. The van der Waals surface area contributed by atoms with E-state index >= 15 is 0 Å². The van der Waals surface area contributed by atoms with Gasteiger partial charge in [-0.15, -0.1) is 0 Å². The molecule has 19 heavy (non-hydrogen) atoms. The first-order chi connectivity index (χ1) is 9.24. The van der Waals surface area contributed by atoms with Gasteiger partial charge in [0.2, 0.25) is 0 Å². The smallest absolute Gasteiger partial charge is 0.146 e. The van der Waals surface area contributed by atoms with Crippen LogP contribution in [0.25, 0.3) is 0 Å². The van der Waals surface area contributed by atoms with Crippen molar-refractivity contribution in [3.05, 3.63) is 48.0 Å². The van der Waals surface area contributed by atoms with Crippen molar-refractivity contribution in [2.24, 2.45) is 0 Å². The van der Waals surface area contributed by atoms with Crippen LogP contribution in [0.4, 0.5) is 0 Å². The molecule has 0 radical (unpaired) electrons. The zero-order chi connectivity index (χ0) is 13.7. The molecule has 0 aliphatic heterocycles. The number of nitrogens with zero attached hydrogens (tertiary/aromatic N) is 2. The van der Waals surface area contributed by atoms with Gasteiger partial charge in [0.1, 0.15) is 18.2 Å². The maximum absolute atomic E-state index is 5.76. The van der Waals surface area contributed by atoms with Crippen LogP contribution in [0.1, 0.15) is 31.3 Å². The van der Waals surface area contributed by atoms with E-state index in [0.717, 1.165) is 18.1 Å². The molecule has 1 aromatic carbocycles. The molecule has 0 amide bonds. The molecule has 0 bridgehead atoms. The average molecular weight is 259 g/mol. The highest BCUT2D eigenvalue weighted by Crippen LogP contribution is 2.18. The third-order valence-corrected chi connectivity index (χ3v) is 3.32. The summed E-state index contributed by atoms with van der Waals surface area (Å²) < 4.78 is 7.84. The highest BCUT2D eigenvalue weighted by Gasteiger charge is 2.04. The zero-order valence-electron chi connectivity index (χ0n) is 11.8. The largest absolute Gasteiger partial charge is 0.486 e. The fourth-order valence-corrected chi connectivity index (χ4v) is 1.94. The lowest BCUT2D eigenvalue weighted by Crippen LogP contribution is -2.12. The van der Waals surface area contributed by atoms with Gasteiger partial charge < -0.3 is 14.6 Å². The average Bonchev–Trinajstić information content (AvgIpc) is 2.92. The minimum absolute atomic E-state index is 0.355. The highest BCUT2D eigenvalue weighted by atomic mass is 16.5. The van der Waals surface area contributed by atoms with Gasteiger partial charge in [0, 0.05) is 25.0 Å². The normalized spacial score (nSPS) is 12.4. The number of hydrogen-bond donors (Lipinski definition) is 1. The molecule has 0 fully saturated rings. The van der Waals surface area contributed by atoms with Crippen molar-refractivity contribution in [2.45, 2.75) is 33.0 Å². The second-order valence-electron chi connectivity index (χ2n) is 4.50. The van der Waals surface area contributed by atoms with E-state index in [1.54, 1.807) is 6.20 Å². The summed E-state index contributed by atoms with van der Waals surface area (Å²) in [4.78, 5) is 4.29. The molecule has 1 N–H and O–H groups in total. The molecule has 2 aromatic rings. The van der Waals surface area contributed by atoms with E-state index in [4.69, 9.17) is 4.74 Å². The van der Waals surface area contributed by atoms with Crippen LogP contribution in [0.3, 0.4) is 0 Å². The van der Waals surface area contributed by atoms with Crippen molar-refractivity contribution < 1.29 is 4.74 Å². The van der Waals surface area contributed by atoms with Crippen LogP contribution in [-0.4, -0.2) is 16.6 Å². The second-order valence-corrected chi connectivity index (χ2v) is 4.50. The summed E-state index contributed by atoms with van der Waals surface area (Å²) in [5.74, 6) is 1.83. The summed E-state index contributed by atoms with van der Waals surface area (Å²) in [6.07, 6.45) is 3.77. The molecule has 0 aliphatic carbocycles. The van der Waals surface area contributed by atoms with Crippen LogP contribution >= 0.6 is 0 Å². The van der Waals surface area contributed by atoms with Crippen LogP contribution in [0, 0.1) is 0 Å². The molecule has 102 valence electrons. The number of nitrogens with one attached hydrogen (secondary N) is 1. The fourth-order valence-electron chi connectivity index (χ4n) is 1.94. The van der Waals surface area contributed by atoms with Gasteiger partial charge >= 0.3 is 0 Å². The van der Waals surface area contributed by atoms with E-state index in [9.17, 15) is 0 Å². The summed E-state index contributed by atoms with van der Waals surface area (Å²) in [6, 6.07) is 8.53. The summed E-state index contributed by atoms with van der Waals surface area (Å²) >= 11 is 0. The Balaban J connectivity index is 1.96. The Hall–Kier alpha value is -1.81. The molecule has 1 atom stereocenters. The molecular formula is C15H21N3O. The molecule has 1 unspecified atom stereocenters. The van der Waals surface area contributed by atoms with Crippen molar-refractivity contribution >= 4 is 0 Å². The number of ether oxygens (including phenoxy) is 1. The predicted molar refractivity (Wildman–Crippen MR) is 76.1 cm³/mol. The van der Waals surface area contributed by atoms with E-state index in [-0.39, 0.29) is 0 Å². The standard InChI is InChI=1S/C15H21N3O/c1-4-18-10-9-17-15(18)11-19-14-7-5-13(6-8-14)12(2)16-3/h5-10,12,16H,4,11H2,1-3H3. The van der Waals surface area contributed by atoms with Gasteiger partial charge in [-0.25, -0.2) is 4.98 Å². The molecule has 1 heterocycles. The Morgan fingerprint density at radius 3 is 2.68 bits per heavy atom. The van der Waals surface area contributed by atoms with Crippen LogP contribution in [-0.2, 0) is 13.2 Å². The Labute approximate surface area is 114 Å². The van der Waals surface area contributed by atoms with Gasteiger partial charge in [0.05, 0.1) is 0 Å². The molecule has 4 nitrogen and oxygen atoms in total. The van der Waals surface area contributed by atoms with Crippen molar-refractivity contribution in [2.75, 3.05) is 7.05 Å². The molecule has 0 saturated carbocycles.